The molecule has 6 heteroatoms. The van der Waals surface area contributed by atoms with Gasteiger partial charge in [-0.05, 0) is 56.1 Å². The maximum atomic E-state index is 12.6. The van der Waals surface area contributed by atoms with Crippen LogP contribution in [-0.4, -0.2) is 31.6 Å². The maximum Gasteiger partial charge on any atom is 0.261 e. The number of hydrogen-bond acceptors (Lipinski definition) is 4. The highest BCUT2D eigenvalue weighted by atomic mass is 35.5. The van der Waals surface area contributed by atoms with Gasteiger partial charge in [-0.3, -0.25) is 4.79 Å². The van der Waals surface area contributed by atoms with E-state index in [4.69, 9.17) is 4.74 Å². The SMILES string of the molecule is Cl.O=C(NCCc1ccccc1)c1cc2c(OC3CCNCC3)cccc2s1. The average Bonchev–Trinajstić information content (AvgIpc) is 3.15. The van der Waals surface area contributed by atoms with Gasteiger partial charge in [0, 0.05) is 16.6 Å². The Bertz CT molecular complexity index is 907. The number of carbonyl (C=O) groups is 1. The van der Waals surface area contributed by atoms with Crippen molar-refractivity contribution < 1.29 is 9.53 Å². The van der Waals surface area contributed by atoms with E-state index < -0.39 is 0 Å². The molecule has 148 valence electrons. The molecule has 1 fully saturated rings. The summed E-state index contributed by atoms with van der Waals surface area (Å²) in [5, 5.41) is 7.43. The van der Waals surface area contributed by atoms with Gasteiger partial charge in [0.2, 0.25) is 0 Å². The number of benzene rings is 2. The highest BCUT2D eigenvalue weighted by Crippen LogP contribution is 2.34. The molecule has 2 aromatic carbocycles. The standard InChI is InChI=1S/C22H24N2O2S.ClH/c25-22(24-14-9-16-5-2-1-3-6-16)21-15-18-19(7-4-8-20(18)27-21)26-17-10-12-23-13-11-17;/h1-8,15,17,23H,9-14H2,(H,24,25);1H. The largest absolute Gasteiger partial charge is 0.490 e. The maximum absolute atomic E-state index is 12.6. The molecule has 0 bridgehead atoms. The highest BCUT2D eigenvalue weighted by Gasteiger charge is 2.17. The Morgan fingerprint density at radius 1 is 1.11 bits per heavy atom. The van der Waals surface area contributed by atoms with Gasteiger partial charge in [-0.2, -0.15) is 0 Å². The van der Waals surface area contributed by atoms with Crippen LogP contribution in [0.4, 0.5) is 0 Å². The molecule has 1 aromatic heterocycles. The van der Waals surface area contributed by atoms with Crippen molar-refractivity contribution in [1.82, 2.24) is 10.6 Å². The number of thiophene rings is 1. The van der Waals surface area contributed by atoms with E-state index in [1.54, 1.807) is 0 Å². The Kier molecular flexibility index (Phi) is 7.31. The van der Waals surface area contributed by atoms with E-state index in [0.717, 1.165) is 53.1 Å². The quantitative estimate of drug-likeness (QED) is 0.625. The molecule has 2 N–H and O–H groups in total. The van der Waals surface area contributed by atoms with E-state index in [1.807, 2.05) is 36.4 Å². The monoisotopic (exact) mass is 416 g/mol. The lowest BCUT2D eigenvalue weighted by Crippen LogP contribution is -2.34. The number of halogens is 1. The van der Waals surface area contributed by atoms with E-state index in [-0.39, 0.29) is 24.4 Å². The van der Waals surface area contributed by atoms with Gasteiger partial charge in [0.25, 0.3) is 5.91 Å². The molecule has 0 radical (unpaired) electrons. The van der Waals surface area contributed by atoms with Crippen LogP contribution in [0, 0.1) is 0 Å². The summed E-state index contributed by atoms with van der Waals surface area (Å²) in [6, 6.07) is 18.2. The van der Waals surface area contributed by atoms with E-state index in [2.05, 4.69) is 28.8 Å². The topological polar surface area (TPSA) is 50.4 Å². The lowest BCUT2D eigenvalue weighted by atomic mass is 10.1. The molecule has 1 saturated heterocycles. The minimum absolute atomic E-state index is 0. The molecule has 1 amide bonds. The van der Waals surface area contributed by atoms with Gasteiger partial charge in [-0.25, -0.2) is 0 Å². The zero-order valence-electron chi connectivity index (χ0n) is 15.6. The fourth-order valence-corrected chi connectivity index (χ4v) is 4.39. The predicted molar refractivity (Wildman–Crippen MR) is 118 cm³/mol. The summed E-state index contributed by atoms with van der Waals surface area (Å²) in [6.07, 6.45) is 3.13. The first kappa shape index (κ1) is 20.6. The Labute approximate surface area is 175 Å². The van der Waals surface area contributed by atoms with Crippen LogP contribution in [0.5, 0.6) is 5.75 Å². The number of carbonyl (C=O) groups excluding carboxylic acids is 1. The number of rotatable bonds is 6. The molecule has 0 spiro atoms. The fraction of sp³-hybridized carbons (Fsp3) is 0.318. The molecular formula is C22H25ClN2O2S. The molecule has 0 unspecified atom stereocenters. The van der Waals surface area contributed by atoms with Gasteiger partial charge in [0.1, 0.15) is 11.9 Å². The van der Waals surface area contributed by atoms with Gasteiger partial charge >= 0.3 is 0 Å². The normalized spacial score (nSPS) is 14.4. The molecular weight excluding hydrogens is 392 g/mol. The first-order chi connectivity index (χ1) is 13.3. The van der Waals surface area contributed by atoms with E-state index in [0.29, 0.717) is 6.54 Å². The first-order valence-corrected chi connectivity index (χ1v) is 10.3. The van der Waals surface area contributed by atoms with Crippen LogP contribution in [0.15, 0.2) is 54.6 Å². The Morgan fingerprint density at radius 2 is 1.89 bits per heavy atom. The number of hydrogen-bond donors (Lipinski definition) is 2. The number of amides is 1. The lowest BCUT2D eigenvalue weighted by molar-refractivity contribution is 0.0958. The number of ether oxygens (including phenoxy) is 1. The van der Waals surface area contributed by atoms with Crippen molar-refractivity contribution in [3.63, 3.8) is 0 Å². The summed E-state index contributed by atoms with van der Waals surface area (Å²) in [7, 11) is 0. The van der Waals surface area contributed by atoms with Crippen molar-refractivity contribution in [2.45, 2.75) is 25.4 Å². The average molecular weight is 417 g/mol. The van der Waals surface area contributed by atoms with Gasteiger partial charge in [0.05, 0.1) is 4.88 Å². The summed E-state index contributed by atoms with van der Waals surface area (Å²) in [5.74, 6) is 0.874. The van der Waals surface area contributed by atoms with Crippen LogP contribution in [0.25, 0.3) is 10.1 Å². The molecule has 4 rings (SSSR count). The zero-order chi connectivity index (χ0) is 18.5. The van der Waals surface area contributed by atoms with Crippen molar-refractivity contribution in [3.05, 3.63) is 65.0 Å². The second-order valence-corrected chi connectivity index (χ2v) is 7.92. The molecule has 0 aliphatic carbocycles. The second-order valence-electron chi connectivity index (χ2n) is 6.84. The van der Waals surface area contributed by atoms with Crippen molar-refractivity contribution in [3.8, 4) is 5.75 Å². The van der Waals surface area contributed by atoms with Crippen LogP contribution in [0.3, 0.4) is 0 Å². The van der Waals surface area contributed by atoms with Gasteiger partial charge in [-0.1, -0.05) is 36.4 Å². The third-order valence-corrected chi connectivity index (χ3v) is 5.97. The van der Waals surface area contributed by atoms with Crippen LogP contribution in [-0.2, 0) is 6.42 Å². The Morgan fingerprint density at radius 3 is 2.68 bits per heavy atom. The molecule has 3 aromatic rings. The molecule has 28 heavy (non-hydrogen) atoms. The van der Waals surface area contributed by atoms with Crippen molar-refractivity contribution in [2.24, 2.45) is 0 Å². The summed E-state index contributed by atoms with van der Waals surface area (Å²) in [6.45, 7) is 2.63. The molecule has 0 saturated carbocycles. The summed E-state index contributed by atoms with van der Waals surface area (Å²) < 4.78 is 7.33. The third kappa shape index (κ3) is 5.04. The third-order valence-electron chi connectivity index (χ3n) is 4.87. The molecule has 2 heterocycles. The van der Waals surface area contributed by atoms with Crippen LogP contribution < -0.4 is 15.4 Å². The van der Waals surface area contributed by atoms with Crippen LogP contribution in [0.1, 0.15) is 28.1 Å². The second kappa shape index (κ2) is 9.92. The van der Waals surface area contributed by atoms with Crippen molar-refractivity contribution in [2.75, 3.05) is 19.6 Å². The smallest absolute Gasteiger partial charge is 0.261 e. The Hall–Kier alpha value is -2.08. The van der Waals surface area contributed by atoms with Gasteiger partial charge < -0.3 is 15.4 Å². The van der Waals surface area contributed by atoms with Gasteiger partial charge in [0.15, 0.2) is 0 Å². The van der Waals surface area contributed by atoms with E-state index >= 15 is 0 Å². The summed E-state index contributed by atoms with van der Waals surface area (Å²) in [5.41, 5.74) is 1.23. The summed E-state index contributed by atoms with van der Waals surface area (Å²) in [4.78, 5) is 13.3. The minimum atomic E-state index is -0.0139. The predicted octanol–water partition coefficient (Wildman–Crippen LogP) is 4.43. The molecule has 0 atom stereocenters. The zero-order valence-corrected chi connectivity index (χ0v) is 17.3. The first-order valence-electron chi connectivity index (χ1n) is 9.51. The van der Waals surface area contributed by atoms with Crippen LogP contribution >= 0.6 is 23.7 Å². The van der Waals surface area contributed by atoms with Crippen molar-refractivity contribution in [1.29, 1.82) is 0 Å². The Balaban J connectivity index is 0.00000225. The van der Waals surface area contributed by atoms with Gasteiger partial charge in [-0.15, -0.1) is 23.7 Å². The number of piperidine rings is 1. The number of fused-ring (bicyclic) bond motifs is 1. The summed E-state index contributed by atoms with van der Waals surface area (Å²) >= 11 is 1.52. The lowest BCUT2D eigenvalue weighted by Gasteiger charge is -2.24. The molecule has 1 aliphatic heterocycles. The van der Waals surface area contributed by atoms with Crippen molar-refractivity contribution >= 4 is 39.7 Å². The van der Waals surface area contributed by atoms with E-state index in [1.165, 1.54) is 16.9 Å². The highest BCUT2D eigenvalue weighted by molar-refractivity contribution is 7.20. The van der Waals surface area contributed by atoms with E-state index in [9.17, 15) is 4.79 Å². The number of nitrogens with one attached hydrogen (secondary N) is 2. The minimum Gasteiger partial charge on any atom is -0.490 e. The molecule has 4 nitrogen and oxygen atoms in total. The molecule has 1 aliphatic rings. The van der Waals surface area contributed by atoms with Crippen LogP contribution in [0.2, 0.25) is 0 Å². The fourth-order valence-electron chi connectivity index (χ4n) is 3.39.